The minimum atomic E-state index is -0.494. The van der Waals surface area contributed by atoms with Crippen LogP contribution in [0.1, 0.15) is 36.9 Å². The first kappa shape index (κ1) is 17.3. The fraction of sp³-hybridized carbons (Fsp3) is 0.412. The zero-order valence-electron chi connectivity index (χ0n) is 14.0. The number of alkyl carbamates (subject to hydrolysis) is 1. The smallest absolute Gasteiger partial charge is 0.407 e. The third-order valence-electron chi connectivity index (χ3n) is 3.12. The highest BCUT2D eigenvalue weighted by Crippen LogP contribution is 2.19. The molecule has 1 heterocycles. The molecule has 1 amide bonds. The van der Waals surface area contributed by atoms with E-state index in [4.69, 9.17) is 4.74 Å². The fourth-order valence-electron chi connectivity index (χ4n) is 2.00. The molecule has 2 aromatic rings. The maximum Gasteiger partial charge on any atom is 0.407 e. The van der Waals surface area contributed by atoms with Crippen LogP contribution in [-0.4, -0.2) is 16.7 Å². The molecule has 0 atom stereocenters. The lowest BCUT2D eigenvalue weighted by Gasteiger charge is -2.20. The van der Waals surface area contributed by atoms with Gasteiger partial charge >= 0.3 is 6.09 Å². The lowest BCUT2D eigenvalue weighted by molar-refractivity contribution is 0.0523. The van der Waals surface area contributed by atoms with E-state index in [1.807, 2.05) is 57.5 Å². The van der Waals surface area contributed by atoms with Gasteiger partial charge in [-0.25, -0.2) is 9.78 Å². The minimum Gasteiger partial charge on any atom is -0.444 e. The Morgan fingerprint density at radius 2 is 2.00 bits per heavy atom. The van der Waals surface area contributed by atoms with Crippen LogP contribution in [0.2, 0.25) is 0 Å². The molecule has 124 valence electrons. The Morgan fingerprint density at radius 3 is 2.65 bits per heavy atom. The highest BCUT2D eigenvalue weighted by Gasteiger charge is 2.16. The number of para-hydroxylation sites is 1. The van der Waals surface area contributed by atoms with Crippen LogP contribution in [-0.2, 0) is 17.8 Å². The van der Waals surface area contributed by atoms with Crippen molar-refractivity contribution in [1.82, 2.24) is 10.3 Å². The quantitative estimate of drug-likeness (QED) is 0.865. The maximum absolute atomic E-state index is 11.8. The van der Waals surface area contributed by atoms with Crippen molar-refractivity contribution in [2.75, 3.05) is 5.32 Å². The first-order valence-electron chi connectivity index (χ1n) is 7.53. The van der Waals surface area contributed by atoms with Crippen LogP contribution in [0.25, 0.3) is 0 Å². The number of amides is 1. The number of ether oxygens (including phenoxy) is 1. The Hall–Kier alpha value is -2.08. The molecule has 0 aliphatic rings. The lowest BCUT2D eigenvalue weighted by atomic mass is 10.1. The molecule has 0 saturated heterocycles. The number of hydrogen-bond acceptors (Lipinski definition) is 5. The number of carbonyl (C=O) groups excluding carboxylic acids is 1. The third kappa shape index (κ3) is 5.56. The van der Waals surface area contributed by atoms with Gasteiger partial charge in [0.05, 0.1) is 17.7 Å². The van der Waals surface area contributed by atoms with Gasteiger partial charge in [0.25, 0.3) is 0 Å². The van der Waals surface area contributed by atoms with Crippen molar-refractivity contribution in [2.24, 2.45) is 0 Å². The second kappa shape index (κ2) is 7.46. The summed E-state index contributed by atoms with van der Waals surface area (Å²) in [4.78, 5) is 17.2. The van der Waals surface area contributed by atoms with Crippen LogP contribution in [0.15, 0.2) is 29.8 Å². The number of benzene rings is 1. The van der Waals surface area contributed by atoms with Gasteiger partial charge in [-0.05, 0) is 39.3 Å². The van der Waals surface area contributed by atoms with E-state index in [0.717, 1.165) is 23.5 Å². The number of nitrogens with zero attached hydrogens (tertiary/aromatic N) is 1. The molecule has 1 aromatic carbocycles. The Labute approximate surface area is 141 Å². The topological polar surface area (TPSA) is 63.2 Å². The number of nitrogens with one attached hydrogen (secondary N) is 2. The van der Waals surface area contributed by atoms with E-state index in [1.54, 1.807) is 11.3 Å². The second-order valence-electron chi connectivity index (χ2n) is 6.23. The van der Waals surface area contributed by atoms with Crippen molar-refractivity contribution in [2.45, 2.75) is 46.4 Å². The molecule has 0 bridgehead atoms. The molecule has 5 nitrogen and oxygen atoms in total. The van der Waals surface area contributed by atoms with Crippen molar-refractivity contribution in [3.8, 4) is 0 Å². The van der Waals surface area contributed by atoms with Gasteiger partial charge in [0.1, 0.15) is 5.60 Å². The summed E-state index contributed by atoms with van der Waals surface area (Å²) in [6, 6.07) is 7.91. The summed E-state index contributed by atoms with van der Waals surface area (Å²) in [6.45, 7) is 8.68. The van der Waals surface area contributed by atoms with Crippen molar-refractivity contribution in [1.29, 1.82) is 0 Å². The van der Waals surface area contributed by atoms with Gasteiger partial charge in [-0.2, -0.15) is 0 Å². The molecule has 0 fully saturated rings. The number of thiazole rings is 1. The van der Waals surface area contributed by atoms with Crippen molar-refractivity contribution in [3.63, 3.8) is 0 Å². The average molecular weight is 333 g/mol. The third-order valence-corrected chi connectivity index (χ3v) is 4.06. The zero-order valence-corrected chi connectivity index (χ0v) is 14.8. The van der Waals surface area contributed by atoms with E-state index >= 15 is 0 Å². The monoisotopic (exact) mass is 333 g/mol. The van der Waals surface area contributed by atoms with Crippen LogP contribution in [0.3, 0.4) is 0 Å². The molecule has 0 unspecified atom stereocenters. The van der Waals surface area contributed by atoms with Crippen LogP contribution in [0, 0.1) is 6.92 Å². The first-order chi connectivity index (χ1) is 10.8. The van der Waals surface area contributed by atoms with Crippen molar-refractivity contribution < 1.29 is 9.53 Å². The summed E-state index contributed by atoms with van der Waals surface area (Å²) in [5.41, 5.74) is 4.41. The molecule has 1 aromatic heterocycles. The van der Waals surface area contributed by atoms with Gasteiger partial charge in [-0.1, -0.05) is 18.2 Å². The van der Waals surface area contributed by atoms with Crippen molar-refractivity contribution in [3.05, 3.63) is 45.9 Å². The Morgan fingerprint density at radius 1 is 1.26 bits per heavy atom. The fourth-order valence-corrected chi connectivity index (χ4v) is 2.72. The van der Waals surface area contributed by atoms with Gasteiger partial charge in [-0.3, -0.25) is 0 Å². The van der Waals surface area contributed by atoms with E-state index in [9.17, 15) is 4.79 Å². The summed E-state index contributed by atoms with van der Waals surface area (Å²) < 4.78 is 5.26. The van der Waals surface area contributed by atoms with Crippen LogP contribution < -0.4 is 10.6 Å². The summed E-state index contributed by atoms with van der Waals surface area (Å²) in [7, 11) is 0. The van der Waals surface area contributed by atoms with E-state index in [-0.39, 0.29) is 0 Å². The van der Waals surface area contributed by atoms with Gasteiger partial charge in [0.2, 0.25) is 0 Å². The first-order valence-corrected chi connectivity index (χ1v) is 8.41. The molecular formula is C17H23N3O2S. The Kier molecular flexibility index (Phi) is 5.60. The molecule has 0 saturated carbocycles. The second-order valence-corrected chi connectivity index (χ2v) is 7.17. The standard InChI is InChI=1S/C17H23N3O2S/c1-12-15(23-11-20-12)10-18-14-8-6-5-7-13(14)9-19-16(21)22-17(2,3)4/h5-8,11,18H,9-10H2,1-4H3,(H,19,21). The molecule has 23 heavy (non-hydrogen) atoms. The van der Waals surface area contributed by atoms with E-state index in [1.165, 1.54) is 4.88 Å². The average Bonchev–Trinajstić information content (AvgIpc) is 2.87. The van der Waals surface area contributed by atoms with Gasteiger partial charge in [0, 0.05) is 17.1 Å². The molecule has 0 aliphatic heterocycles. The summed E-state index contributed by atoms with van der Waals surface area (Å²) in [5.74, 6) is 0. The predicted octanol–water partition coefficient (Wildman–Crippen LogP) is 4.09. The highest BCUT2D eigenvalue weighted by atomic mass is 32.1. The minimum absolute atomic E-state index is 0.411. The summed E-state index contributed by atoms with van der Waals surface area (Å²) in [5, 5.41) is 6.20. The number of rotatable bonds is 5. The van der Waals surface area contributed by atoms with Crippen LogP contribution in [0.4, 0.5) is 10.5 Å². The Balaban J connectivity index is 1.95. The van der Waals surface area contributed by atoms with E-state index < -0.39 is 11.7 Å². The number of anilines is 1. The zero-order chi connectivity index (χ0) is 16.9. The van der Waals surface area contributed by atoms with Gasteiger partial charge in [-0.15, -0.1) is 11.3 Å². The molecule has 2 rings (SSSR count). The largest absolute Gasteiger partial charge is 0.444 e. The van der Waals surface area contributed by atoms with Crippen LogP contribution >= 0.6 is 11.3 Å². The normalized spacial score (nSPS) is 11.1. The van der Waals surface area contributed by atoms with E-state index in [2.05, 4.69) is 15.6 Å². The molecule has 6 heteroatoms. The van der Waals surface area contributed by atoms with Crippen molar-refractivity contribution >= 4 is 23.1 Å². The lowest BCUT2D eigenvalue weighted by Crippen LogP contribution is -2.32. The molecular weight excluding hydrogens is 310 g/mol. The number of aryl methyl sites for hydroxylation is 1. The number of hydrogen-bond donors (Lipinski definition) is 2. The summed E-state index contributed by atoms with van der Waals surface area (Å²) in [6.07, 6.45) is -0.411. The number of aromatic nitrogens is 1. The molecule has 0 aliphatic carbocycles. The van der Waals surface area contributed by atoms with E-state index in [0.29, 0.717) is 6.54 Å². The van der Waals surface area contributed by atoms with Crippen LogP contribution in [0.5, 0.6) is 0 Å². The van der Waals surface area contributed by atoms with Gasteiger partial charge in [0.15, 0.2) is 0 Å². The SMILES string of the molecule is Cc1ncsc1CNc1ccccc1CNC(=O)OC(C)(C)C. The number of carbonyl (C=O) groups is 1. The maximum atomic E-state index is 11.8. The molecule has 0 spiro atoms. The molecule has 0 radical (unpaired) electrons. The molecule has 2 N–H and O–H groups in total. The Bertz CT molecular complexity index is 662. The highest BCUT2D eigenvalue weighted by molar-refractivity contribution is 7.09. The summed E-state index contributed by atoms with van der Waals surface area (Å²) >= 11 is 1.64. The predicted molar refractivity (Wildman–Crippen MR) is 93.7 cm³/mol. The van der Waals surface area contributed by atoms with Gasteiger partial charge < -0.3 is 15.4 Å².